The molecule has 0 aliphatic heterocycles. The average Bonchev–Trinajstić information content (AvgIpc) is 2.96. The molecule has 19 heavy (non-hydrogen) atoms. The van der Waals surface area contributed by atoms with E-state index in [0.29, 0.717) is 11.6 Å². The van der Waals surface area contributed by atoms with Gasteiger partial charge in [-0.25, -0.2) is 0 Å². The van der Waals surface area contributed by atoms with Crippen molar-refractivity contribution < 1.29 is 4.79 Å². The van der Waals surface area contributed by atoms with Crippen molar-refractivity contribution >= 4 is 28.3 Å². The predicted octanol–water partition coefficient (Wildman–Crippen LogP) is 3.52. The molecule has 0 radical (unpaired) electrons. The Morgan fingerprint density at radius 3 is 2.79 bits per heavy atom. The van der Waals surface area contributed by atoms with E-state index in [-0.39, 0.29) is 5.78 Å². The summed E-state index contributed by atoms with van der Waals surface area (Å²) in [5.41, 5.74) is 1.74. The van der Waals surface area contributed by atoms with Gasteiger partial charge in [-0.05, 0) is 36.4 Å². The quantitative estimate of drug-likeness (QED) is 0.670. The number of nitrogens with zero attached hydrogens (tertiary/aromatic N) is 2. The summed E-state index contributed by atoms with van der Waals surface area (Å²) in [6.45, 7) is 0.336. The van der Waals surface area contributed by atoms with Crippen molar-refractivity contribution in [3.63, 3.8) is 0 Å². The van der Waals surface area contributed by atoms with Crippen LogP contribution in [-0.4, -0.2) is 14.9 Å². The first kappa shape index (κ1) is 12.1. The van der Waals surface area contributed by atoms with Crippen LogP contribution in [0.25, 0.3) is 10.9 Å². The molecule has 4 heteroatoms. The van der Waals surface area contributed by atoms with E-state index >= 15 is 0 Å². The number of Topliss-reactive ketones (excluding diaryl/α,β-unsaturated/α-hetero) is 1. The molecule has 0 amide bonds. The van der Waals surface area contributed by atoms with E-state index in [1.54, 1.807) is 0 Å². The highest BCUT2D eigenvalue weighted by Gasteiger charge is 2.11. The molecule has 0 spiro atoms. The molecule has 3 nitrogen and oxygen atoms in total. The third-order valence-corrected chi connectivity index (χ3v) is 3.51. The number of hydrogen-bond donors (Lipinski definition) is 0. The van der Waals surface area contributed by atoms with Crippen LogP contribution in [0.15, 0.2) is 48.8 Å². The predicted molar refractivity (Wildman–Crippen MR) is 76.7 cm³/mol. The fraction of sp³-hybridized carbons (Fsp3) is 0.133. The summed E-state index contributed by atoms with van der Waals surface area (Å²) in [4.78, 5) is 12.2. The van der Waals surface area contributed by atoms with E-state index in [9.17, 15) is 4.79 Å². The van der Waals surface area contributed by atoms with Crippen LogP contribution in [0.1, 0.15) is 10.5 Å². The SMILES string of the molecule is Cn1cccc1C(=O)Cn1ccc2cc(Cl)ccc21. The lowest BCUT2D eigenvalue weighted by Gasteiger charge is -2.06. The highest BCUT2D eigenvalue weighted by atomic mass is 35.5. The van der Waals surface area contributed by atoms with Crippen LogP contribution in [0, 0.1) is 0 Å². The van der Waals surface area contributed by atoms with Gasteiger partial charge in [0.15, 0.2) is 5.78 Å². The molecule has 0 saturated carbocycles. The minimum Gasteiger partial charge on any atom is -0.348 e. The van der Waals surface area contributed by atoms with Gasteiger partial charge in [0.05, 0.1) is 12.2 Å². The van der Waals surface area contributed by atoms with E-state index in [1.165, 1.54) is 0 Å². The number of aryl methyl sites for hydroxylation is 1. The van der Waals surface area contributed by atoms with Crippen LogP contribution in [0.2, 0.25) is 5.02 Å². The van der Waals surface area contributed by atoms with Gasteiger partial charge in [0.2, 0.25) is 0 Å². The lowest BCUT2D eigenvalue weighted by Crippen LogP contribution is -2.12. The maximum Gasteiger partial charge on any atom is 0.198 e. The molecule has 96 valence electrons. The first-order chi connectivity index (χ1) is 9.15. The molecule has 0 unspecified atom stereocenters. The topological polar surface area (TPSA) is 26.9 Å². The Kier molecular flexibility index (Phi) is 2.91. The Morgan fingerprint density at radius 2 is 2.05 bits per heavy atom. The van der Waals surface area contributed by atoms with Crippen molar-refractivity contribution in [3.05, 3.63) is 59.5 Å². The summed E-state index contributed by atoms with van der Waals surface area (Å²) in [7, 11) is 1.88. The lowest BCUT2D eigenvalue weighted by molar-refractivity contribution is 0.0965. The fourth-order valence-corrected chi connectivity index (χ4v) is 2.48. The Hall–Kier alpha value is -2.00. The maximum absolute atomic E-state index is 12.2. The highest BCUT2D eigenvalue weighted by molar-refractivity contribution is 6.31. The molecule has 1 aromatic carbocycles. The first-order valence-corrected chi connectivity index (χ1v) is 6.42. The number of fused-ring (bicyclic) bond motifs is 1. The largest absolute Gasteiger partial charge is 0.348 e. The first-order valence-electron chi connectivity index (χ1n) is 6.04. The summed E-state index contributed by atoms with van der Waals surface area (Å²) < 4.78 is 3.78. The minimum atomic E-state index is 0.0972. The monoisotopic (exact) mass is 272 g/mol. The molecule has 0 aliphatic rings. The van der Waals surface area contributed by atoms with Crippen molar-refractivity contribution in [1.82, 2.24) is 9.13 Å². The number of halogens is 1. The third-order valence-electron chi connectivity index (χ3n) is 3.28. The van der Waals surface area contributed by atoms with Crippen LogP contribution in [-0.2, 0) is 13.6 Å². The molecule has 0 fully saturated rings. The molecule has 2 aromatic heterocycles. The van der Waals surface area contributed by atoms with Crippen LogP contribution in [0.5, 0.6) is 0 Å². The Morgan fingerprint density at radius 1 is 1.21 bits per heavy atom. The van der Waals surface area contributed by atoms with Gasteiger partial charge in [0.25, 0.3) is 0 Å². The average molecular weight is 273 g/mol. The van der Waals surface area contributed by atoms with E-state index < -0.39 is 0 Å². The standard InChI is InChI=1S/C15H13ClN2O/c1-17-7-2-3-14(17)15(19)10-18-8-6-11-9-12(16)4-5-13(11)18/h2-9H,10H2,1H3. The number of rotatable bonds is 3. The molecule has 0 atom stereocenters. The molecule has 3 rings (SSSR count). The third kappa shape index (κ3) is 2.17. The van der Waals surface area contributed by atoms with Gasteiger partial charge in [-0.1, -0.05) is 11.6 Å². The van der Waals surface area contributed by atoms with E-state index in [1.807, 2.05) is 65.0 Å². The van der Waals surface area contributed by atoms with Gasteiger partial charge in [-0.15, -0.1) is 0 Å². The zero-order valence-electron chi connectivity index (χ0n) is 10.5. The summed E-state index contributed by atoms with van der Waals surface area (Å²) >= 11 is 5.96. The number of ketones is 1. The fourth-order valence-electron chi connectivity index (χ4n) is 2.30. The van der Waals surface area contributed by atoms with Crippen molar-refractivity contribution in [2.75, 3.05) is 0 Å². The molecule has 0 aliphatic carbocycles. The van der Waals surface area contributed by atoms with Crippen molar-refractivity contribution in [2.45, 2.75) is 6.54 Å². The van der Waals surface area contributed by atoms with Gasteiger partial charge in [-0.3, -0.25) is 4.79 Å². The van der Waals surface area contributed by atoms with Gasteiger partial charge in [0, 0.05) is 35.4 Å². The number of carbonyl (C=O) groups excluding carboxylic acids is 1. The molecular weight excluding hydrogens is 260 g/mol. The van der Waals surface area contributed by atoms with E-state index in [4.69, 9.17) is 11.6 Å². The summed E-state index contributed by atoms with van der Waals surface area (Å²) in [6.07, 6.45) is 3.79. The van der Waals surface area contributed by atoms with Crippen LogP contribution in [0.3, 0.4) is 0 Å². The Labute approximate surface area is 116 Å². The summed E-state index contributed by atoms with van der Waals surface area (Å²) in [6, 6.07) is 11.4. The van der Waals surface area contributed by atoms with Crippen molar-refractivity contribution in [1.29, 1.82) is 0 Å². The van der Waals surface area contributed by atoms with Gasteiger partial charge in [0.1, 0.15) is 0 Å². The molecule has 3 aromatic rings. The minimum absolute atomic E-state index is 0.0972. The van der Waals surface area contributed by atoms with Crippen molar-refractivity contribution in [3.8, 4) is 0 Å². The lowest BCUT2D eigenvalue weighted by atomic mass is 10.2. The Balaban J connectivity index is 1.94. The normalized spacial score (nSPS) is 11.1. The van der Waals surface area contributed by atoms with Gasteiger partial charge < -0.3 is 9.13 Å². The maximum atomic E-state index is 12.2. The number of aromatic nitrogens is 2. The van der Waals surface area contributed by atoms with Gasteiger partial charge in [-0.2, -0.15) is 0 Å². The molecule has 0 bridgehead atoms. The number of carbonyl (C=O) groups is 1. The van der Waals surface area contributed by atoms with Crippen LogP contribution >= 0.6 is 11.6 Å². The summed E-state index contributed by atoms with van der Waals surface area (Å²) in [5.74, 6) is 0.0972. The second-order valence-electron chi connectivity index (χ2n) is 4.57. The molecule has 0 N–H and O–H groups in total. The second-order valence-corrected chi connectivity index (χ2v) is 5.01. The van der Waals surface area contributed by atoms with Gasteiger partial charge >= 0.3 is 0 Å². The molecule has 0 saturated heterocycles. The van der Waals surface area contributed by atoms with E-state index in [0.717, 1.165) is 16.6 Å². The zero-order chi connectivity index (χ0) is 13.4. The smallest absolute Gasteiger partial charge is 0.198 e. The number of hydrogen-bond acceptors (Lipinski definition) is 1. The zero-order valence-corrected chi connectivity index (χ0v) is 11.3. The molecular formula is C15H13ClN2O. The van der Waals surface area contributed by atoms with Crippen LogP contribution < -0.4 is 0 Å². The van der Waals surface area contributed by atoms with Crippen LogP contribution in [0.4, 0.5) is 0 Å². The Bertz CT molecular complexity index is 754. The second kappa shape index (κ2) is 4.59. The summed E-state index contributed by atoms with van der Waals surface area (Å²) in [5, 5.41) is 1.76. The number of benzene rings is 1. The van der Waals surface area contributed by atoms with Crippen molar-refractivity contribution in [2.24, 2.45) is 7.05 Å². The highest BCUT2D eigenvalue weighted by Crippen LogP contribution is 2.20. The van der Waals surface area contributed by atoms with E-state index in [2.05, 4.69) is 0 Å². The molecule has 2 heterocycles.